The van der Waals surface area contributed by atoms with Crippen molar-refractivity contribution in [3.05, 3.63) is 94.5 Å². The van der Waals surface area contributed by atoms with Gasteiger partial charge in [-0.3, -0.25) is 14.4 Å². The highest BCUT2D eigenvalue weighted by atomic mass is 16.5. The summed E-state index contributed by atoms with van der Waals surface area (Å²) < 4.78 is 5.14. The van der Waals surface area contributed by atoms with Gasteiger partial charge >= 0.3 is 12.0 Å². The molecule has 0 heterocycles. The van der Waals surface area contributed by atoms with Gasteiger partial charge in [-0.1, -0.05) is 48.5 Å². The summed E-state index contributed by atoms with van der Waals surface area (Å²) in [6.45, 7) is 2.95. The van der Waals surface area contributed by atoms with Crippen LogP contribution in [0.3, 0.4) is 0 Å². The van der Waals surface area contributed by atoms with E-state index in [1.54, 1.807) is 56.3 Å². The van der Waals surface area contributed by atoms with Gasteiger partial charge in [-0.25, -0.2) is 9.59 Å². The second-order valence-electron chi connectivity index (χ2n) is 8.36. The molecule has 3 aromatic rings. The molecule has 182 valence electrons. The van der Waals surface area contributed by atoms with Gasteiger partial charge in [0.15, 0.2) is 18.2 Å². The maximum Gasteiger partial charge on any atom is 0.340 e. The van der Waals surface area contributed by atoms with E-state index in [2.05, 4.69) is 16.0 Å². The molecule has 3 amide bonds. The first-order valence-corrected chi connectivity index (χ1v) is 11.2. The number of ketones is 2. The number of carbonyl (C=O) groups excluding carboxylic acids is 5. The zero-order valence-electron chi connectivity index (χ0n) is 19.6. The fourth-order valence-electron chi connectivity index (χ4n) is 3.84. The third-order valence-electron chi connectivity index (χ3n) is 5.38. The molecule has 3 N–H and O–H groups in total. The van der Waals surface area contributed by atoms with Gasteiger partial charge in [0, 0.05) is 22.7 Å². The van der Waals surface area contributed by atoms with E-state index in [0.717, 1.165) is 0 Å². The molecule has 0 saturated carbocycles. The van der Waals surface area contributed by atoms with Crippen LogP contribution in [0.1, 0.15) is 56.0 Å². The highest BCUT2D eigenvalue weighted by Gasteiger charge is 2.31. The predicted octanol–water partition coefficient (Wildman–Crippen LogP) is 3.79. The van der Waals surface area contributed by atoms with Crippen LogP contribution < -0.4 is 16.0 Å². The summed E-state index contributed by atoms with van der Waals surface area (Å²) in [6, 6.07) is 16.7. The van der Waals surface area contributed by atoms with E-state index in [9.17, 15) is 24.0 Å². The molecule has 1 aliphatic carbocycles. The van der Waals surface area contributed by atoms with E-state index in [4.69, 9.17) is 4.74 Å². The lowest BCUT2D eigenvalue weighted by atomic mass is 9.83. The molecular weight excluding hydrogens is 462 g/mol. The lowest BCUT2D eigenvalue weighted by Crippen LogP contribution is -2.34. The number of amides is 3. The van der Waals surface area contributed by atoms with E-state index in [1.807, 2.05) is 0 Å². The predicted molar refractivity (Wildman–Crippen MR) is 132 cm³/mol. The maximum absolute atomic E-state index is 13.1. The summed E-state index contributed by atoms with van der Waals surface area (Å²) in [5, 5.41) is 7.79. The number of urea groups is 1. The molecule has 1 aliphatic rings. The highest BCUT2D eigenvalue weighted by Crippen LogP contribution is 2.31. The standard InChI is InChI=1S/C27H23N3O6/c1-15(2)28-27(35)30-20-12-6-5-10-18(20)26(34)36-14-22(31)29-21-13-7-11-19-23(21)25(33)17-9-4-3-8-16(17)24(19)32/h3-13,15H,14H2,1-2H3,(H,29,31)(H2,28,30,35). The molecule has 9 heteroatoms. The fraction of sp³-hybridized carbons (Fsp3) is 0.148. The van der Waals surface area contributed by atoms with Gasteiger partial charge in [-0.05, 0) is 32.0 Å². The van der Waals surface area contributed by atoms with Crippen molar-refractivity contribution in [1.29, 1.82) is 0 Å². The summed E-state index contributed by atoms with van der Waals surface area (Å²) in [5.41, 5.74) is 1.28. The maximum atomic E-state index is 13.1. The molecule has 0 bridgehead atoms. The van der Waals surface area contributed by atoms with Gasteiger partial charge in [0.25, 0.3) is 5.91 Å². The molecule has 0 atom stereocenters. The first kappa shape index (κ1) is 24.3. The van der Waals surface area contributed by atoms with Crippen LogP contribution in [0, 0.1) is 0 Å². The average Bonchev–Trinajstić information content (AvgIpc) is 2.85. The summed E-state index contributed by atoms with van der Waals surface area (Å²) in [4.78, 5) is 63.2. The van der Waals surface area contributed by atoms with Crippen LogP contribution >= 0.6 is 0 Å². The Balaban J connectivity index is 1.46. The molecule has 4 rings (SSSR count). The normalized spacial score (nSPS) is 11.9. The molecule has 0 unspecified atom stereocenters. The molecule has 0 aromatic heterocycles. The van der Waals surface area contributed by atoms with Crippen LogP contribution in [0.5, 0.6) is 0 Å². The Kier molecular flexibility index (Phi) is 6.91. The van der Waals surface area contributed by atoms with Gasteiger partial charge in [0.2, 0.25) is 0 Å². The van der Waals surface area contributed by atoms with Gasteiger partial charge < -0.3 is 20.7 Å². The van der Waals surface area contributed by atoms with Crippen molar-refractivity contribution in [1.82, 2.24) is 5.32 Å². The SMILES string of the molecule is CC(C)NC(=O)Nc1ccccc1C(=O)OCC(=O)Nc1cccc2c1C(=O)c1ccccc1C2=O. The Morgan fingerprint density at radius 3 is 2.08 bits per heavy atom. The van der Waals surface area contributed by atoms with Gasteiger partial charge in [0.1, 0.15) is 0 Å². The van der Waals surface area contributed by atoms with Crippen molar-refractivity contribution in [2.75, 3.05) is 17.2 Å². The number of nitrogens with one attached hydrogen (secondary N) is 3. The zero-order chi connectivity index (χ0) is 25.8. The lowest BCUT2D eigenvalue weighted by molar-refractivity contribution is -0.119. The Bertz CT molecular complexity index is 1400. The van der Waals surface area contributed by atoms with Crippen molar-refractivity contribution in [2.24, 2.45) is 0 Å². The Morgan fingerprint density at radius 1 is 0.750 bits per heavy atom. The number of benzene rings is 3. The second-order valence-corrected chi connectivity index (χ2v) is 8.36. The molecular formula is C27H23N3O6. The number of para-hydroxylation sites is 1. The topological polar surface area (TPSA) is 131 Å². The van der Waals surface area contributed by atoms with Crippen LogP contribution in [0.15, 0.2) is 66.7 Å². The number of hydrogen-bond donors (Lipinski definition) is 3. The number of hydrogen-bond acceptors (Lipinski definition) is 6. The molecule has 0 aliphatic heterocycles. The number of anilines is 2. The summed E-state index contributed by atoms with van der Waals surface area (Å²) in [5.74, 6) is -2.21. The number of fused-ring (bicyclic) bond motifs is 2. The Hall–Kier alpha value is -4.79. The van der Waals surface area contributed by atoms with Crippen LogP contribution in [0.25, 0.3) is 0 Å². The van der Waals surface area contributed by atoms with E-state index in [1.165, 1.54) is 24.3 Å². The van der Waals surface area contributed by atoms with Gasteiger partial charge in [-0.15, -0.1) is 0 Å². The van der Waals surface area contributed by atoms with E-state index < -0.39 is 24.5 Å². The minimum absolute atomic E-state index is 0.0682. The first-order valence-electron chi connectivity index (χ1n) is 11.2. The lowest BCUT2D eigenvalue weighted by Gasteiger charge is -2.20. The van der Waals surface area contributed by atoms with Gasteiger partial charge in [-0.2, -0.15) is 0 Å². The number of esters is 1. The third kappa shape index (κ3) is 5.00. The number of rotatable bonds is 6. The van der Waals surface area contributed by atoms with Crippen molar-refractivity contribution in [3.8, 4) is 0 Å². The monoisotopic (exact) mass is 485 g/mol. The average molecular weight is 485 g/mol. The van der Waals surface area contributed by atoms with Crippen molar-refractivity contribution >= 4 is 40.8 Å². The smallest absolute Gasteiger partial charge is 0.340 e. The van der Waals surface area contributed by atoms with Crippen molar-refractivity contribution in [3.63, 3.8) is 0 Å². The van der Waals surface area contributed by atoms with Crippen molar-refractivity contribution < 1.29 is 28.7 Å². The molecule has 3 aromatic carbocycles. The van der Waals surface area contributed by atoms with E-state index in [-0.39, 0.29) is 51.2 Å². The Labute approximate surface area is 206 Å². The van der Waals surface area contributed by atoms with Gasteiger partial charge in [0.05, 0.1) is 22.5 Å². The van der Waals surface area contributed by atoms with Crippen LogP contribution in [0.4, 0.5) is 16.2 Å². The van der Waals surface area contributed by atoms with Crippen molar-refractivity contribution in [2.45, 2.75) is 19.9 Å². The minimum Gasteiger partial charge on any atom is -0.452 e. The molecule has 0 spiro atoms. The molecule has 36 heavy (non-hydrogen) atoms. The zero-order valence-corrected chi connectivity index (χ0v) is 19.6. The van der Waals surface area contributed by atoms with Crippen LogP contribution in [-0.4, -0.2) is 42.1 Å². The molecule has 0 radical (unpaired) electrons. The van der Waals surface area contributed by atoms with Crippen LogP contribution in [-0.2, 0) is 9.53 Å². The van der Waals surface area contributed by atoms with E-state index in [0.29, 0.717) is 5.56 Å². The largest absolute Gasteiger partial charge is 0.452 e. The van der Waals surface area contributed by atoms with Crippen LogP contribution in [0.2, 0.25) is 0 Å². The first-order chi connectivity index (χ1) is 17.3. The summed E-state index contributed by atoms with van der Waals surface area (Å²) in [7, 11) is 0. The minimum atomic E-state index is -0.819. The fourth-order valence-corrected chi connectivity index (χ4v) is 3.84. The molecule has 0 saturated heterocycles. The second kappa shape index (κ2) is 10.2. The molecule has 0 fully saturated rings. The third-order valence-corrected chi connectivity index (χ3v) is 5.38. The quantitative estimate of drug-likeness (QED) is 0.356. The summed E-state index contributed by atoms with van der Waals surface area (Å²) >= 11 is 0. The summed E-state index contributed by atoms with van der Waals surface area (Å²) in [6.07, 6.45) is 0. The highest BCUT2D eigenvalue weighted by molar-refractivity contribution is 6.30. The Morgan fingerprint density at radius 2 is 1.36 bits per heavy atom. The number of carbonyl (C=O) groups is 5. The number of ether oxygens (including phenoxy) is 1. The van der Waals surface area contributed by atoms with E-state index >= 15 is 0 Å². The molecule has 9 nitrogen and oxygen atoms in total.